The molecule has 0 aliphatic heterocycles. The standard InChI is InChI=1S/C22H17N3O4/c26-21(17-10-5-2-6-11-17)24-20(14-16-8-3-1-4-9-16)22(27)23-18-12-7-13-19(15-18)25(28)29/h1-15H,(H,23,27)(H,24,26)/b20-14-. The lowest BCUT2D eigenvalue weighted by molar-refractivity contribution is -0.384. The van der Waals surface area contributed by atoms with Gasteiger partial charge < -0.3 is 10.6 Å². The van der Waals surface area contributed by atoms with Crippen molar-refractivity contribution in [1.82, 2.24) is 5.32 Å². The minimum absolute atomic E-state index is 0.0107. The average Bonchev–Trinajstić information content (AvgIpc) is 2.74. The number of benzene rings is 3. The first-order valence-corrected chi connectivity index (χ1v) is 8.72. The first kappa shape index (κ1) is 19.5. The van der Waals surface area contributed by atoms with Crippen LogP contribution in [-0.2, 0) is 4.79 Å². The van der Waals surface area contributed by atoms with Crippen LogP contribution in [0.1, 0.15) is 15.9 Å². The topological polar surface area (TPSA) is 101 Å². The van der Waals surface area contributed by atoms with Gasteiger partial charge in [0.15, 0.2) is 0 Å². The molecule has 0 unspecified atom stereocenters. The Morgan fingerprint density at radius 3 is 2.17 bits per heavy atom. The number of nitro benzene ring substituents is 1. The summed E-state index contributed by atoms with van der Waals surface area (Å²) in [6.07, 6.45) is 1.54. The van der Waals surface area contributed by atoms with Gasteiger partial charge in [-0.15, -0.1) is 0 Å². The summed E-state index contributed by atoms with van der Waals surface area (Å²) in [6.45, 7) is 0. The van der Waals surface area contributed by atoms with Gasteiger partial charge in [-0.2, -0.15) is 0 Å². The average molecular weight is 387 g/mol. The molecule has 2 amide bonds. The van der Waals surface area contributed by atoms with E-state index in [1.54, 1.807) is 54.6 Å². The fourth-order valence-electron chi connectivity index (χ4n) is 2.55. The Balaban J connectivity index is 1.87. The number of nitrogens with zero attached hydrogens (tertiary/aromatic N) is 1. The van der Waals surface area contributed by atoms with Crippen molar-refractivity contribution < 1.29 is 14.5 Å². The van der Waals surface area contributed by atoms with Crippen LogP contribution >= 0.6 is 0 Å². The maximum atomic E-state index is 12.8. The van der Waals surface area contributed by atoms with Gasteiger partial charge in [0.25, 0.3) is 17.5 Å². The highest BCUT2D eigenvalue weighted by Gasteiger charge is 2.16. The summed E-state index contributed by atoms with van der Waals surface area (Å²) in [4.78, 5) is 35.7. The largest absolute Gasteiger partial charge is 0.320 e. The molecule has 144 valence electrons. The van der Waals surface area contributed by atoms with E-state index in [4.69, 9.17) is 0 Å². The van der Waals surface area contributed by atoms with Crippen molar-refractivity contribution in [2.75, 3.05) is 5.32 Å². The fourth-order valence-corrected chi connectivity index (χ4v) is 2.55. The van der Waals surface area contributed by atoms with Crippen LogP contribution in [0, 0.1) is 10.1 Å². The van der Waals surface area contributed by atoms with Gasteiger partial charge in [-0.3, -0.25) is 19.7 Å². The Bertz CT molecular complexity index is 1060. The van der Waals surface area contributed by atoms with E-state index in [0.717, 1.165) is 0 Å². The molecule has 0 spiro atoms. The van der Waals surface area contributed by atoms with Crippen LogP contribution in [0.2, 0.25) is 0 Å². The zero-order chi connectivity index (χ0) is 20.6. The van der Waals surface area contributed by atoms with Crippen LogP contribution < -0.4 is 10.6 Å². The summed E-state index contributed by atoms with van der Waals surface area (Å²) < 4.78 is 0. The molecule has 7 heteroatoms. The van der Waals surface area contributed by atoms with Crippen molar-refractivity contribution in [1.29, 1.82) is 0 Å². The molecule has 3 aromatic rings. The Hall–Kier alpha value is -4.26. The molecule has 0 atom stereocenters. The van der Waals surface area contributed by atoms with Crippen LogP contribution in [0.15, 0.2) is 90.6 Å². The molecule has 0 aliphatic rings. The molecule has 2 N–H and O–H groups in total. The Labute approximate surface area is 166 Å². The lowest BCUT2D eigenvalue weighted by Crippen LogP contribution is -2.30. The number of rotatable bonds is 6. The number of nitro groups is 1. The predicted octanol–water partition coefficient (Wildman–Crippen LogP) is 4.00. The van der Waals surface area contributed by atoms with Crippen molar-refractivity contribution >= 4 is 29.3 Å². The van der Waals surface area contributed by atoms with Crippen LogP contribution in [0.25, 0.3) is 6.08 Å². The van der Waals surface area contributed by atoms with Crippen LogP contribution in [-0.4, -0.2) is 16.7 Å². The number of hydrogen-bond donors (Lipinski definition) is 2. The van der Waals surface area contributed by atoms with Crippen molar-refractivity contribution in [3.63, 3.8) is 0 Å². The molecule has 3 aromatic carbocycles. The van der Waals surface area contributed by atoms with Gasteiger partial charge >= 0.3 is 0 Å². The van der Waals surface area contributed by atoms with E-state index >= 15 is 0 Å². The summed E-state index contributed by atoms with van der Waals surface area (Å²) >= 11 is 0. The molecule has 0 aliphatic carbocycles. The van der Waals surface area contributed by atoms with Gasteiger partial charge in [-0.05, 0) is 29.8 Å². The number of carbonyl (C=O) groups is 2. The molecule has 0 saturated heterocycles. The molecule has 0 aromatic heterocycles. The smallest absolute Gasteiger partial charge is 0.272 e. The van der Waals surface area contributed by atoms with E-state index in [9.17, 15) is 19.7 Å². The molecular formula is C22H17N3O4. The minimum Gasteiger partial charge on any atom is -0.320 e. The lowest BCUT2D eigenvalue weighted by Gasteiger charge is -2.11. The highest BCUT2D eigenvalue weighted by atomic mass is 16.6. The third kappa shape index (κ3) is 5.36. The van der Waals surface area contributed by atoms with Gasteiger partial charge in [0, 0.05) is 23.4 Å². The second-order valence-electron chi connectivity index (χ2n) is 6.05. The Morgan fingerprint density at radius 1 is 0.862 bits per heavy atom. The van der Waals surface area contributed by atoms with E-state index in [0.29, 0.717) is 11.1 Å². The van der Waals surface area contributed by atoms with Crippen molar-refractivity contribution in [2.45, 2.75) is 0 Å². The monoisotopic (exact) mass is 387 g/mol. The number of amides is 2. The zero-order valence-corrected chi connectivity index (χ0v) is 15.2. The maximum absolute atomic E-state index is 12.8. The first-order chi connectivity index (χ1) is 14.0. The quantitative estimate of drug-likeness (QED) is 0.379. The van der Waals surface area contributed by atoms with E-state index < -0.39 is 16.7 Å². The number of carbonyl (C=O) groups excluding carboxylic acids is 2. The van der Waals surface area contributed by atoms with E-state index in [2.05, 4.69) is 10.6 Å². The highest BCUT2D eigenvalue weighted by Crippen LogP contribution is 2.18. The van der Waals surface area contributed by atoms with Gasteiger partial charge in [0.05, 0.1) is 4.92 Å². The summed E-state index contributed by atoms with van der Waals surface area (Å²) in [7, 11) is 0. The second kappa shape index (κ2) is 9.09. The van der Waals surface area contributed by atoms with Crippen LogP contribution in [0.5, 0.6) is 0 Å². The van der Waals surface area contributed by atoms with Crippen molar-refractivity contribution in [3.8, 4) is 0 Å². The van der Waals surface area contributed by atoms with E-state index in [1.165, 1.54) is 30.3 Å². The molecule has 0 radical (unpaired) electrons. The van der Waals surface area contributed by atoms with Gasteiger partial charge in [-0.1, -0.05) is 54.6 Å². The van der Waals surface area contributed by atoms with Crippen LogP contribution in [0.3, 0.4) is 0 Å². The molecule has 0 fully saturated rings. The Morgan fingerprint density at radius 2 is 1.52 bits per heavy atom. The first-order valence-electron chi connectivity index (χ1n) is 8.72. The number of non-ortho nitro benzene ring substituents is 1. The number of hydrogen-bond acceptors (Lipinski definition) is 4. The summed E-state index contributed by atoms with van der Waals surface area (Å²) in [6, 6.07) is 23.1. The molecule has 0 saturated carbocycles. The van der Waals surface area contributed by atoms with Crippen LogP contribution in [0.4, 0.5) is 11.4 Å². The van der Waals surface area contributed by atoms with Crippen molar-refractivity contribution in [3.05, 3.63) is 112 Å². The van der Waals surface area contributed by atoms with E-state index in [1.807, 2.05) is 6.07 Å². The third-order valence-electron chi connectivity index (χ3n) is 3.95. The van der Waals surface area contributed by atoms with Crippen molar-refractivity contribution in [2.24, 2.45) is 0 Å². The normalized spacial score (nSPS) is 10.8. The second-order valence-corrected chi connectivity index (χ2v) is 6.05. The zero-order valence-electron chi connectivity index (χ0n) is 15.2. The Kier molecular flexibility index (Phi) is 6.12. The highest BCUT2D eigenvalue weighted by molar-refractivity contribution is 6.10. The molecule has 7 nitrogen and oxygen atoms in total. The predicted molar refractivity (Wildman–Crippen MR) is 110 cm³/mol. The molecular weight excluding hydrogens is 370 g/mol. The molecule has 0 heterocycles. The fraction of sp³-hybridized carbons (Fsp3) is 0. The number of nitrogens with one attached hydrogen (secondary N) is 2. The molecule has 3 rings (SSSR count). The summed E-state index contributed by atoms with van der Waals surface area (Å²) in [5.41, 5.74) is 1.22. The SMILES string of the molecule is O=C(Nc1cccc([N+](=O)[O-])c1)/C(=C/c1ccccc1)NC(=O)c1ccccc1. The van der Waals surface area contributed by atoms with E-state index in [-0.39, 0.29) is 17.1 Å². The van der Waals surface area contributed by atoms with Gasteiger partial charge in [0.2, 0.25) is 0 Å². The molecule has 0 bridgehead atoms. The maximum Gasteiger partial charge on any atom is 0.272 e. The summed E-state index contributed by atoms with van der Waals surface area (Å²) in [5.74, 6) is -1.04. The number of anilines is 1. The minimum atomic E-state index is -0.598. The molecule has 29 heavy (non-hydrogen) atoms. The van der Waals surface area contributed by atoms with Gasteiger partial charge in [-0.25, -0.2) is 0 Å². The third-order valence-corrected chi connectivity index (χ3v) is 3.95. The summed E-state index contributed by atoms with van der Waals surface area (Å²) in [5, 5.41) is 16.1. The van der Waals surface area contributed by atoms with Gasteiger partial charge in [0.1, 0.15) is 5.70 Å². The lowest BCUT2D eigenvalue weighted by atomic mass is 10.1.